The maximum atomic E-state index is 10.8. The van der Waals surface area contributed by atoms with E-state index in [0.717, 1.165) is 19.0 Å². The highest BCUT2D eigenvalue weighted by molar-refractivity contribution is 5.75. The molecule has 13 heavy (non-hydrogen) atoms. The van der Waals surface area contributed by atoms with Crippen LogP contribution >= 0.6 is 0 Å². The van der Waals surface area contributed by atoms with E-state index in [1.807, 2.05) is 0 Å². The lowest BCUT2D eigenvalue weighted by molar-refractivity contribution is -0.120. The third-order valence-electron chi connectivity index (χ3n) is 2.47. The molecule has 0 atom stereocenters. The second-order valence-electron chi connectivity index (χ2n) is 3.76. The van der Waals surface area contributed by atoms with Gasteiger partial charge in [-0.3, -0.25) is 4.79 Å². The average Bonchev–Trinajstić information content (AvgIpc) is 2.94. The van der Waals surface area contributed by atoms with Crippen LogP contribution in [0.2, 0.25) is 0 Å². The smallest absolute Gasteiger partial charge is 0.221 e. The van der Waals surface area contributed by atoms with Gasteiger partial charge in [-0.1, -0.05) is 12.8 Å². The van der Waals surface area contributed by atoms with Crippen molar-refractivity contribution >= 4 is 5.91 Å². The minimum absolute atomic E-state index is 0.120. The van der Waals surface area contributed by atoms with Crippen LogP contribution in [-0.4, -0.2) is 26.0 Å². The largest absolute Gasteiger partial charge is 0.359 e. The Kier molecular flexibility index (Phi) is 4.83. The van der Waals surface area contributed by atoms with Crippen molar-refractivity contribution in [2.24, 2.45) is 5.92 Å². The van der Waals surface area contributed by atoms with Crippen LogP contribution in [0.5, 0.6) is 0 Å². The third kappa shape index (κ3) is 5.64. The second-order valence-corrected chi connectivity index (χ2v) is 3.76. The quantitative estimate of drug-likeness (QED) is 0.577. The van der Waals surface area contributed by atoms with Gasteiger partial charge in [0, 0.05) is 20.0 Å². The lowest BCUT2D eigenvalue weighted by atomic mass is 10.2. The van der Waals surface area contributed by atoms with Crippen molar-refractivity contribution in [3.8, 4) is 0 Å². The molecule has 0 bridgehead atoms. The Balaban J connectivity index is 1.75. The molecule has 2 N–H and O–H groups in total. The minimum Gasteiger partial charge on any atom is -0.359 e. The Labute approximate surface area is 80.3 Å². The van der Waals surface area contributed by atoms with Crippen molar-refractivity contribution < 1.29 is 4.79 Å². The van der Waals surface area contributed by atoms with E-state index in [-0.39, 0.29) is 5.91 Å². The zero-order chi connectivity index (χ0) is 9.52. The molecular weight excluding hydrogens is 164 g/mol. The van der Waals surface area contributed by atoms with Crippen LogP contribution in [-0.2, 0) is 4.79 Å². The zero-order valence-electron chi connectivity index (χ0n) is 8.44. The fourth-order valence-electron chi connectivity index (χ4n) is 1.37. The molecular formula is C10H20N2O. The molecule has 3 heteroatoms. The molecule has 0 heterocycles. The number of rotatable bonds is 7. The monoisotopic (exact) mass is 184 g/mol. The van der Waals surface area contributed by atoms with E-state index in [1.165, 1.54) is 25.7 Å². The molecule has 76 valence electrons. The molecule has 1 aliphatic carbocycles. The highest BCUT2D eigenvalue weighted by atomic mass is 16.1. The van der Waals surface area contributed by atoms with E-state index in [9.17, 15) is 4.79 Å². The van der Waals surface area contributed by atoms with Crippen LogP contribution in [0.25, 0.3) is 0 Å². The number of carbonyl (C=O) groups is 1. The first-order valence-corrected chi connectivity index (χ1v) is 5.24. The van der Waals surface area contributed by atoms with Gasteiger partial charge in [-0.15, -0.1) is 0 Å². The average molecular weight is 184 g/mol. The number of nitrogens with one attached hydrogen (secondary N) is 2. The molecule has 1 amide bonds. The lowest BCUT2D eigenvalue weighted by Crippen LogP contribution is -2.25. The summed E-state index contributed by atoms with van der Waals surface area (Å²) in [6.07, 6.45) is 6.11. The van der Waals surface area contributed by atoms with Crippen LogP contribution in [0.15, 0.2) is 0 Å². The SMILES string of the molecule is CNC(=O)CCNCCCC1CC1. The van der Waals surface area contributed by atoms with Crippen LogP contribution in [0.1, 0.15) is 32.1 Å². The summed E-state index contributed by atoms with van der Waals surface area (Å²) in [5.74, 6) is 1.15. The maximum absolute atomic E-state index is 10.8. The first kappa shape index (κ1) is 10.5. The summed E-state index contributed by atoms with van der Waals surface area (Å²) >= 11 is 0. The van der Waals surface area contributed by atoms with Crippen LogP contribution < -0.4 is 10.6 Å². The molecule has 0 unspecified atom stereocenters. The topological polar surface area (TPSA) is 41.1 Å². The standard InChI is InChI=1S/C10H20N2O/c1-11-10(13)6-8-12-7-2-3-9-4-5-9/h9,12H,2-8H2,1H3,(H,11,13). The summed E-state index contributed by atoms with van der Waals surface area (Å²) in [5, 5.41) is 5.88. The van der Waals surface area contributed by atoms with E-state index in [4.69, 9.17) is 0 Å². The van der Waals surface area contributed by atoms with E-state index in [1.54, 1.807) is 7.05 Å². The van der Waals surface area contributed by atoms with E-state index in [2.05, 4.69) is 10.6 Å². The summed E-state index contributed by atoms with van der Waals surface area (Å²) in [7, 11) is 1.68. The van der Waals surface area contributed by atoms with Gasteiger partial charge in [0.15, 0.2) is 0 Å². The van der Waals surface area contributed by atoms with Crippen molar-refractivity contribution in [1.29, 1.82) is 0 Å². The Hall–Kier alpha value is -0.570. The van der Waals surface area contributed by atoms with Gasteiger partial charge in [0.25, 0.3) is 0 Å². The predicted molar refractivity (Wildman–Crippen MR) is 53.5 cm³/mol. The van der Waals surface area contributed by atoms with Gasteiger partial charge in [-0.25, -0.2) is 0 Å². The van der Waals surface area contributed by atoms with Crippen molar-refractivity contribution in [2.75, 3.05) is 20.1 Å². The van der Waals surface area contributed by atoms with Gasteiger partial charge < -0.3 is 10.6 Å². The van der Waals surface area contributed by atoms with Crippen molar-refractivity contribution in [3.05, 3.63) is 0 Å². The number of carbonyl (C=O) groups excluding carboxylic acids is 1. The van der Waals surface area contributed by atoms with Gasteiger partial charge in [0.05, 0.1) is 0 Å². The number of amides is 1. The van der Waals surface area contributed by atoms with E-state index in [0.29, 0.717) is 6.42 Å². The lowest BCUT2D eigenvalue weighted by Gasteiger charge is -2.03. The molecule has 0 aromatic carbocycles. The summed E-state index contributed by atoms with van der Waals surface area (Å²) in [6, 6.07) is 0. The van der Waals surface area contributed by atoms with Crippen molar-refractivity contribution in [3.63, 3.8) is 0 Å². The molecule has 0 aliphatic heterocycles. The van der Waals surface area contributed by atoms with Gasteiger partial charge in [-0.2, -0.15) is 0 Å². The van der Waals surface area contributed by atoms with E-state index < -0.39 is 0 Å². The predicted octanol–water partition coefficient (Wildman–Crippen LogP) is 0.902. The summed E-state index contributed by atoms with van der Waals surface area (Å²) in [4.78, 5) is 10.8. The second kappa shape index (κ2) is 5.97. The molecule has 0 saturated heterocycles. The molecule has 0 radical (unpaired) electrons. The molecule has 1 aliphatic rings. The third-order valence-corrected chi connectivity index (χ3v) is 2.47. The molecule has 0 aromatic heterocycles. The Morgan fingerprint density at radius 3 is 2.77 bits per heavy atom. The van der Waals surface area contributed by atoms with Crippen LogP contribution in [0.4, 0.5) is 0 Å². The number of hydrogen-bond acceptors (Lipinski definition) is 2. The minimum atomic E-state index is 0.120. The van der Waals surface area contributed by atoms with Gasteiger partial charge >= 0.3 is 0 Å². The molecule has 1 rings (SSSR count). The molecule has 0 spiro atoms. The highest BCUT2D eigenvalue weighted by Gasteiger charge is 2.19. The Morgan fingerprint density at radius 1 is 1.38 bits per heavy atom. The molecule has 0 aromatic rings. The summed E-state index contributed by atoms with van der Waals surface area (Å²) in [6.45, 7) is 1.87. The van der Waals surface area contributed by atoms with Crippen LogP contribution in [0, 0.1) is 5.92 Å². The number of hydrogen-bond donors (Lipinski definition) is 2. The zero-order valence-corrected chi connectivity index (χ0v) is 8.44. The Bertz CT molecular complexity index is 155. The normalized spacial score (nSPS) is 15.8. The Morgan fingerprint density at radius 2 is 2.15 bits per heavy atom. The molecule has 1 fully saturated rings. The van der Waals surface area contributed by atoms with Crippen molar-refractivity contribution in [2.45, 2.75) is 32.1 Å². The van der Waals surface area contributed by atoms with Crippen LogP contribution in [0.3, 0.4) is 0 Å². The first-order chi connectivity index (χ1) is 6.33. The summed E-state index contributed by atoms with van der Waals surface area (Å²) in [5.41, 5.74) is 0. The molecule has 3 nitrogen and oxygen atoms in total. The highest BCUT2D eigenvalue weighted by Crippen LogP contribution is 2.33. The summed E-state index contributed by atoms with van der Waals surface area (Å²) < 4.78 is 0. The molecule has 1 saturated carbocycles. The van der Waals surface area contributed by atoms with Gasteiger partial charge in [-0.05, 0) is 25.3 Å². The van der Waals surface area contributed by atoms with Crippen molar-refractivity contribution in [1.82, 2.24) is 10.6 Å². The van der Waals surface area contributed by atoms with Gasteiger partial charge in [0.2, 0.25) is 5.91 Å². The fraction of sp³-hybridized carbons (Fsp3) is 0.900. The van der Waals surface area contributed by atoms with E-state index >= 15 is 0 Å². The van der Waals surface area contributed by atoms with Gasteiger partial charge in [0.1, 0.15) is 0 Å². The fourth-order valence-corrected chi connectivity index (χ4v) is 1.37. The maximum Gasteiger partial charge on any atom is 0.221 e. The first-order valence-electron chi connectivity index (χ1n) is 5.24.